The van der Waals surface area contributed by atoms with E-state index in [9.17, 15) is 14.7 Å². The topological polar surface area (TPSA) is 79.7 Å². The molecule has 1 saturated heterocycles. The van der Waals surface area contributed by atoms with Gasteiger partial charge in [0.15, 0.2) is 0 Å². The first-order valence-electron chi connectivity index (χ1n) is 12.3. The van der Waals surface area contributed by atoms with E-state index in [0.29, 0.717) is 22.6 Å². The fourth-order valence-electron chi connectivity index (χ4n) is 4.59. The van der Waals surface area contributed by atoms with Crippen LogP contribution in [-0.2, 0) is 20.4 Å². The van der Waals surface area contributed by atoms with Crippen LogP contribution in [0, 0.1) is 0 Å². The summed E-state index contributed by atoms with van der Waals surface area (Å²) >= 11 is 0. The minimum absolute atomic E-state index is 0.0143. The van der Waals surface area contributed by atoms with Crippen molar-refractivity contribution in [3.63, 3.8) is 0 Å². The van der Waals surface area contributed by atoms with Crippen LogP contribution in [0.3, 0.4) is 0 Å². The van der Waals surface area contributed by atoms with Gasteiger partial charge in [0.2, 0.25) is 0 Å². The Morgan fingerprint density at radius 1 is 0.865 bits per heavy atom. The van der Waals surface area contributed by atoms with Crippen molar-refractivity contribution in [3.05, 3.63) is 94.8 Å². The van der Waals surface area contributed by atoms with Gasteiger partial charge in [-0.15, -0.1) is 0 Å². The van der Waals surface area contributed by atoms with E-state index in [1.807, 2.05) is 36.4 Å². The van der Waals surface area contributed by atoms with Gasteiger partial charge in [-0.1, -0.05) is 59.7 Å². The lowest BCUT2D eigenvalue weighted by molar-refractivity contribution is -0.132. The van der Waals surface area contributed by atoms with Gasteiger partial charge in [0, 0.05) is 18.1 Å². The van der Waals surface area contributed by atoms with E-state index in [2.05, 4.69) is 46.5 Å². The molecule has 1 aliphatic rings. The second kappa shape index (κ2) is 9.51. The quantitative estimate of drug-likeness (QED) is 0.259. The van der Waals surface area contributed by atoms with E-state index < -0.39 is 17.7 Å². The molecule has 0 bridgehead atoms. The lowest BCUT2D eigenvalue weighted by Gasteiger charge is -2.27. The molecule has 1 aliphatic heterocycles. The SMILES string of the molecule is COc1ccc(C(C)(C)C)cc1/C(O)=C1\C(=O)C(=O)N(c2ccc(C(C)(C)C)cc2)C1c1ccncc1. The number of Topliss-reactive ketones (excluding diaryl/α,β-unsaturated/α-hetero) is 1. The third-order valence-electron chi connectivity index (χ3n) is 6.80. The summed E-state index contributed by atoms with van der Waals surface area (Å²) in [6.45, 7) is 12.5. The first kappa shape index (κ1) is 26.1. The monoisotopic (exact) mass is 498 g/mol. The number of ketones is 1. The van der Waals surface area contributed by atoms with Crippen molar-refractivity contribution in [1.29, 1.82) is 0 Å². The minimum Gasteiger partial charge on any atom is -0.507 e. The van der Waals surface area contributed by atoms with Crippen LogP contribution < -0.4 is 9.64 Å². The summed E-state index contributed by atoms with van der Waals surface area (Å²) in [4.78, 5) is 32.6. The summed E-state index contributed by atoms with van der Waals surface area (Å²) in [5.74, 6) is -1.29. The molecule has 2 aromatic carbocycles. The molecule has 0 spiro atoms. The first-order chi connectivity index (χ1) is 17.3. The van der Waals surface area contributed by atoms with Crippen molar-refractivity contribution in [2.75, 3.05) is 12.0 Å². The maximum absolute atomic E-state index is 13.5. The molecule has 1 aromatic heterocycles. The van der Waals surface area contributed by atoms with Gasteiger partial charge in [-0.25, -0.2) is 0 Å². The Balaban J connectivity index is 1.95. The molecule has 192 valence electrons. The normalized spacial score (nSPS) is 17.8. The molecule has 37 heavy (non-hydrogen) atoms. The molecule has 4 rings (SSSR count). The average molecular weight is 499 g/mol. The summed E-state index contributed by atoms with van der Waals surface area (Å²) in [5.41, 5.74) is 3.43. The maximum Gasteiger partial charge on any atom is 0.300 e. The Morgan fingerprint density at radius 2 is 1.43 bits per heavy atom. The Morgan fingerprint density at radius 3 is 1.97 bits per heavy atom. The number of carbonyl (C=O) groups is 2. The van der Waals surface area contributed by atoms with Crippen molar-refractivity contribution in [2.24, 2.45) is 0 Å². The van der Waals surface area contributed by atoms with Gasteiger partial charge in [-0.2, -0.15) is 0 Å². The van der Waals surface area contributed by atoms with Crippen LogP contribution >= 0.6 is 0 Å². The average Bonchev–Trinajstić information content (AvgIpc) is 3.13. The molecule has 1 amide bonds. The van der Waals surface area contributed by atoms with Crippen LogP contribution in [0.25, 0.3) is 5.76 Å². The van der Waals surface area contributed by atoms with Crippen LogP contribution in [0.2, 0.25) is 0 Å². The predicted octanol–water partition coefficient (Wildman–Crippen LogP) is 6.31. The van der Waals surface area contributed by atoms with Crippen molar-refractivity contribution in [3.8, 4) is 5.75 Å². The van der Waals surface area contributed by atoms with E-state index in [4.69, 9.17) is 4.74 Å². The molecule has 0 saturated carbocycles. The van der Waals surface area contributed by atoms with Gasteiger partial charge in [0.25, 0.3) is 11.7 Å². The number of aliphatic hydroxyl groups is 1. The van der Waals surface area contributed by atoms with E-state index in [0.717, 1.165) is 11.1 Å². The number of benzene rings is 2. The van der Waals surface area contributed by atoms with Crippen LogP contribution in [0.5, 0.6) is 5.75 Å². The van der Waals surface area contributed by atoms with E-state index in [-0.39, 0.29) is 22.2 Å². The molecule has 0 aliphatic carbocycles. The molecule has 0 radical (unpaired) electrons. The highest BCUT2D eigenvalue weighted by molar-refractivity contribution is 6.51. The third-order valence-corrected chi connectivity index (χ3v) is 6.80. The van der Waals surface area contributed by atoms with Crippen LogP contribution in [0.15, 0.2) is 72.6 Å². The van der Waals surface area contributed by atoms with Crippen LogP contribution in [-0.4, -0.2) is 28.9 Å². The zero-order valence-corrected chi connectivity index (χ0v) is 22.5. The number of carbonyl (C=O) groups excluding carboxylic acids is 2. The van der Waals surface area contributed by atoms with Crippen LogP contribution in [0.4, 0.5) is 5.69 Å². The lowest BCUT2D eigenvalue weighted by Crippen LogP contribution is -2.29. The highest BCUT2D eigenvalue weighted by atomic mass is 16.5. The molecule has 3 aromatic rings. The molecule has 1 N–H and O–H groups in total. The number of hydrogen-bond donors (Lipinski definition) is 1. The summed E-state index contributed by atoms with van der Waals surface area (Å²) in [6.07, 6.45) is 3.22. The molecule has 1 fully saturated rings. The van der Waals surface area contributed by atoms with Crippen molar-refractivity contribution in [2.45, 2.75) is 58.4 Å². The molecule has 6 nitrogen and oxygen atoms in total. The number of rotatable bonds is 4. The molecular weight excluding hydrogens is 464 g/mol. The van der Waals surface area contributed by atoms with Gasteiger partial charge >= 0.3 is 0 Å². The van der Waals surface area contributed by atoms with E-state index in [1.54, 1.807) is 30.6 Å². The number of nitrogens with zero attached hydrogens (tertiary/aromatic N) is 2. The molecular formula is C31H34N2O4. The number of hydrogen-bond acceptors (Lipinski definition) is 5. The van der Waals surface area contributed by atoms with Gasteiger partial charge in [0.1, 0.15) is 11.5 Å². The maximum atomic E-state index is 13.5. The molecule has 1 atom stereocenters. The highest BCUT2D eigenvalue weighted by Crippen LogP contribution is 2.44. The zero-order chi connectivity index (χ0) is 27.1. The van der Waals surface area contributed by atoms with E-state index in [1.165, 1.54) is 12.0 Å². The number of amides is 1. The second-order valence-corrected chi connectivity index (χ2v) is 11.4. The van der Waals surface area contributed by atoms with E-state index >= 15 is 0 Å². The van der Waals surface area contributed by atoms with Crippen LogP contribution in [0.1, 0.15) is 69.8 Å². The number of pyridine rings is 1. The van der Waals surface area contributed by atoms with Gasteiger partial charge in [0.05, 0.1) is 24.3 Å². The number of aromatic nitrogens is 1. The molecule has 6 heteroatoms. The predicted molar refractivity (Wildman–Crippen MR) is 146 cm³/mol. The number of ether oxygens (including phenoxy) is 1. The summed E-state index contributed by atoms with van der Waals surface area (Å²) in [5, 5.41) is 11.6. The number of anilines is 1. The van der Waals surface area contributed by atoms with Gasteiger partial charge in [-0.05, 0) is 63.9 Å². The second-order valence-electron chi connectivity index (χ2n) is 11.4. The standard InChI is InChI=1S/C31H34N2O4/c1-30(2,3)20-8-11-22(12-9-20)33-26(19-14-16-32-17-15-19)25(28(35)29(33)36)27(34)23-18-21(31(4,5)6)10-13-24(23)37-7/h8-18,26,34H,1-7H3/b27-25+. The van der Waals surface area contributed by atoms with Gasteiger partial charge < -0.3 is 9.84 Å². The van der Waals surface area contributed by atoms with Crippen molar-refractivity contribution in [1.82, 2.24) is 4.98 Å². The molecule has 2 heterocycles. The Labute approximate surface area is 218 Å². The minimum atomic E-state index is -0.827. The molecule has 1 unspecified atom stereocenters. The highest BCUT2D eigenvalue weighted by Gasteiger charge is 2.47. The third kappa shape index (κ3) is 4.88. The summed E-state index contributed by atoms with van der Waals surface area (Å²) in [6, 6.07) is 15.8. The zero-order valence-electron chi connectivity index (χ0n) is 22.5. The van der Waals surface area contributed by atoms with Gasteiger partial charge in [-0.3, -0.25) is 19.5 Å². The fraction of sp³-hybridized carbons (Fsp3) is 0.323. The Hall–Kier alpha value is -3.93. The van der Waals surface area contributed by atoms with Crippen molar-refractivity contribution >= 4 is 23.1 Å². The fourth-order valence-corrected chi connectivity index (χ4v) is 4.59. The summed E-state index contributed by atoms with van der Waals surface area (Å²) in [7, 11) is 1.51. The largest absolute Gasteiger partial charge is 0.507 e. The number of methoxy groups -OCH3 is 1. The Kier molecular flexibility index (Phi) is 6.72. The smallest absolute Gasteiger partial charge is 0.300 e. The Bertz CT molecular complexity index is 1360. The number of aliphatic hydroxyl groups excluding tert-OH is 1. The summed E-state index contributed by atoms with van der Waals surface area (Å²) < 4.78 is 5.54. The van der Waals surface area contributed by atoms with Crippen molar-refractivity contribution < 1.29 is 19.4 Å². The first-order valence-corrected chi connectivity index (χ1v) is 12.3. The lowest BCUT2D eigenvalue weighted by atomic mass is 9.85.